The molecule has 0 saturated carbocycles. The highest BCUT2D eigenvalue weighted by Crippen LogP contribution is 2.25. The maximum Gasteiger partial charge on any atom is 0.309 e. The number of rotatable bonds is 4. The molecular formula is C12H13BrFNO3. The molecule has 0 saturated heterocycles. The van der Waals surface area contributed by atoms with Crippen molar-refractivity contribution in [2.75, 3.05) is 5.32 Å². The van der Waals surface area contributed by atoms with Crippen molar-refractivity contribution in [1.82, 2.24) is 0 Å². The summed E-state index contributed by atoms with van der Waals surface area (Å²) in [6.45, 7) is 2.91. The number of hydrogen-bond donors (Lipinski definition) is 2. The van der Waals surface area contributed by atoms with Gasteiger partial charge in [0.05, 0.1) is 11.1 Å². The zero-order valence-corrected chi connectivity index (χ0v) is 11.5. The Kier molecular flexibility index (Phi) is 4.45. The molecule has 0 aliphatic rings. The quantitative estimate of drug-likeness (QED) is 0.897. The molecule has 0 spiro atoms. The number of halogens is 2. The van der Waals surface area contributed by atoms with E-state index >= 15 is 0 Å². The summed E-state index contributed by atoms with van der Waals surface area (Å²) in [5.74, 6) is -2.02. The van der Waals surface area contributed by atoms with Gasteiger partial charge in [-0.2, -0.15) is 0 Å². The molecular weight excluding hydrogens is 305 g/mol. The van der Waals surface area contributed by atoms with Gasteiger partial charge in [0.2, 0.25) is 5.91 Å². The largest absolute Gasteiger partial charge is 0.481 e. The lowest BCUT2D eigenvalue weighted by atomic mass is 9.89. The number of carbonyl (C=O) groups is 2. The second kappa shape index (κ2) is 5.48. The van der Waals surface area contributed by atoms with Crippen LogP contribution in [0.25, 0.3) is 0 Å². The maximum atomic E-state index is 13.0. The van der Waals surface area contributed by atoms with Gasteiger partial charge >= 0.3 is 5.97 Å². The van der Waals surface area contributed by atoms with E-state index in [9.17, 15) is 14.0 Å². The van der Waals surface area contributed by atoms with Crippen LogP contribution < -0.4 is 5.32 Å². The van der Waals surface area contributed by atoms with E-state index in [2.05, 4.69) is 21.2 Å². The van der Waals surface area contributed by atoms with E-state index in [0.29, 0.717) is 4.47 Å². The molecule has 0 aromatic heterocycles. The molecule has 0 bridgehead atoms. The molecule has 6 heteroatoms. The van der Waals surface area contributed by atoms with E-state index < -0.39 is 23.1 Å². The van der Waals surface area contributed by atoms with Crippen molar-refractivity contribution >= 4 is 33.5 Å². The lowest BCUT2D eigenvalue weighted by molar-refractivity contribution is -0.148. The number of benzene rings is 1. The smallest absolute Gasteiger partial charge is 0.309 e. The first-order valence-corrected chi connectivity index (χ1v) is 6.00. The lowest BCUT2D eigenvalue weighted by Crippen LogP contribution is -2.29. The Morgan fingerprint density at radius 2 is 2.06 bits per heavy atom. The molecule has 1 aromatic rings. The maximum absolute atomic E-state index is 13.0. The minimum Gasteiger partial charge on any atom is -0.481 e. The molecule has 0 unspecified atom stereocenters. The van der Waals surface area contributed by atoms with Crippen LogP contribution in [0, 0.1) is 11.2 Å². The number of anilines is 1. The van der Waals surface area contributed by atoms with Crippen LogP contribution >= 0.6 is 15.9 Å². The molecule has 18 heavy (non-hydrogen) atoms. The molecule has 0 heterocycles. The summed E-state index contributed by atoms with van der Waals surface area (Å²) in [6, 6.07) is 3.88. The number of nitrogens with one attached hydrogen (secondary N) is 1. The highest BCUT2D eigenvalue weighted by atomic mass is 79.9. The molecule has 1 amide bonds. The van der Waals surface area contributed by atoms with Crippen molar-refractivity contribution in [2.24, 2.45) is 5.41 Å². The summed E-state index contributed by atoms with van der Waals surface area (Å²) < 4.78 is 13.5. The Labute approximate surface area is 112 Å². The SMILES string of the molecule is CC(C)(CC(=O)Nc1cc(F)ccc1Br)C(=O)O. The first kappa shape index (κ1) is 14.6. The zero-order chi connectivity index (χ0) is 13.9. The van der Waals surface area contributed by atoms with E-state index in [1.807, 2.05) is 0 Å². The molecule has 98 valence electrons. The minimum absolute atomic E-state index is 0.189. The third-order valence-electron chi connectivity index (χ3n) is 2.38. The van der Waals surface area contributed by atoms with Gasteiger partial charge in [0.1, 0.15) is 5.82 Å². The van der Waals surface area contributed by atoms with Crippen molar-refractivity contribution in [2.45, 2.75) is 20.3 Å². The number of carboxylic acids is 1. The molecule has 1 aromatic carbocycles. The predicted octanol–water partition coefficient (Wildman–Crippen LogP) is 3.03. The molecule has 0 aliphatic heterocycles. The third-order valence-corrected chi connectivity index (χ3v) is 3.08. The van der Waals surface area contributed by atoms with Crippen molar-refractivity contribution in [1.29, 1.82) is 0 Å². The summed E-state index contributed by atoms with van der Waals surface area (Å²) in [7, 11) is 0. The van der Waals surface area contributed by atoms with Crippen molar-refractivity contribution < 1.29 is 19.1 Å². The topological polar surface area (TPSA) is 66.4 Å². The second-order valence-corrected chi connectivity index (χ2v) is 5.39. The highest BCUT2D eigenvalue weighted by Gasteiger charge is 2.30. The Morgan fingerprint density at radius 3 is 2.61 bits per heavy atom. The van der Waals surface area contributed by atoms with Gasteiger partial charge in [-0.05, 0) is 48.0 Å². The van der Waals surface area contributed by atoms with E-state index in [1.54, 1.807) is 0 Å². The van der Waals surface area contributed by atoms with Crippen LogP contribution in [-0.2, 0) is 9.59 Å². The summed E-state index contributed by atoms with van der Waals surface area (Å²) >= 11 is 3.17. The van der Waals surface area contributed by atoms with Crippen LogP contribution in [0.4, 0.5) is 10.1 Å². The Morgan fingerprint density at radius 1 is 1.44 bits per heavy atom. The van der Waals surface area contributed by atoms with Gasteiger partial charge in [0.25, 0.3) is 0 Å². The fraction of sp³-hybridized carbons (Fsp3) is 0.333. The number of aliphatic carboxylic acids is 1. The van der Waals surface area contributed by atoms with E-state index in [1.165, 1.54) is 26.0 Å². The normalized spacial score (nSPS) is 11.1. The number of hydrogen-bond acceptors (Lipinski definition) is 2. The van der Waals surface area contributed by atoms with E-state index in [-0.39, 0.29) is 12.1 Å². The lowest BCUT2D eigenvalue weighted by Gasteiger charge is -2.18. The standard InChI is InChI=1S/C12H13BrFNO3/c1-12(2,11(17)18)6-10(16)15-9-5-7(14)3-4-8(9)13/h3-5H,6H2,1-2H3,(H,15,16)(H,17,18). The van der Waals surface area contributed by atoms with Crippen molar-refractivity contribution in [3.8, 4) is 0 Å². The second-order valence-electron chi connectivity index (χ2n) is 4.54. The van der Waals surface area contributed by atoms with Gasteiger partial charge in [0.15, 0.2) is 0 Å². The highest BCUT2D eigenvalue weighted by molar-refractivity contribution is 9.10. The summed E-state index contributed by atoms with van der Waals surface area (Å²) in [5.41, 5.74) is -0.884. The molecule has 2 N–H and O–H groups in total. The first-order valence-electron chi connectivity index (χ1n) is 5.20. The van der Waals surface area contributed by atoms with E-state index in [0.717, 1.165) is 6.07 Å². The van der Waals surface area contributed by atoms with Crippen LogP contribution in [0.15, 0.2) is 22.7 Å². The fourth-order valence-electron chi connectivity index (χ4n) is 1.26. The molecule has 0 fully saturated rings. The van der Waals surface area contributed by atoms with Crippen LogP contribution in [0.2, 0.25) is 0 Å². The average molecular weight is 318 g/mol. The number of carbonyl (C=O) groups excluding carboxylic acids is 1. The average Bonchev–Trinajstić information content (AvgIpc) is 2.22. The van der Waals surface area contributed by atoms with Crippen molar-refractivity contribution in [3.63, 3.8) is 0 Å². The Bertz CT molecular complexity index is 488. The van der Waals surface area contributed by atoms with Gasteiger partial charge < -0.3 is 10.4 Å². The third kappa shape index (κ3) is 3.80. The van der Waals surface area contributed by atoms with Crippen LogP contribution in [0.1, 0.15) is 20.3 Å². The van der Waals surface area contributed by atoms with Gasteiger partial charge in [-0.1, -0.05) is 0 Å². The van der Waals surface area contributed by atoms with Gasteiger partial charge in [-0.3, -0.25) is 9.59 Å². The molecule has 0 aliphatic carbocycles. The number of amides is 1. The molecule has 4 nitrogen and oxygen atoms in total. The predicted molar refractivity (Wildman–Crippen MR) is 68.8 cm³/mol. The van der Waals surface area contributed by atoms with Gasteiger partial charge in [-0.15, -0.1) is 0 Å². The minimum atomic E-state index is -1.16. The van der Waals surface area contributed by atoms with Crippen molar-refractivity contribution in [3.05, 3.63) is 28.5 Å². The molecule has 1 rings (SSSR count). The van der Waals surface area contributed by atoms with Crippen LogP contribution in [-0.4, -0.2) is 17.0 Å². The Balaban J connectivity index is 2.77. The molecule has 0 radical (unpaired) electrons. The summed E-state index contributed by atoms with van der Waals surface area (Å²) in [5, 5.41) is 11.4. The Hall–Kier alpha value is -1.43. The summed E-state index contributed by atoms with van der Waals surface area (Å²) in [4.78, 5) is 22.6. The van der Waals surface area contributed by atoms with Crippen LogP contribution in [0.3, 0.4) is 0 Å². The number of carboxylic acid groups (broad SMARTS) is 1. The van der Waals surface area contributed by atoms with Gasteiger partial charge in [0, 0.05) is 10.9 Å². The van der Waals surface area contributed by atoms with E-state index in [4.69, 9.17) is 5.11 Å². The zero-order valence-electron chi connectivity index (χ0n) is 9.96. The fourth-order valence-corrected chi connectivity index (χ4v) is 1.61. The summed E-state index contributed by atoms with van der Waals surface area (Å²) in [6.07, 6.45) is -0.189. The first-order chi connectivity index (χ1) is 8.22. The van der Waals surface area contributed by atoms with Gasteiger partial charge in [-0.25, -0.2) is 4.39 Å². The monoisotopic (exact) mass is 317 g/mol. The van der Waals surface area contributed by atoms with Crippen LogP contribution in [0.5, 0.6) is 0 Å². The molecule has 0 atom stereocenters.